The minimum Gasteiger partial charge on any atom is -0.491 e. The van der Waals surface area contributed by atoms with Gasteiger partial charge in [0.15, 0.2) is 11.5 Å². The van der Waals surface area contributed by atoms with Crippen molar-refractivity contribution in [2.24, 2.45) is 0 Å². The number of benzene rings is 2. The molecule has 8 heteroatoms. The number of amides is 2. The average molecular weight is 358 g/mol. The molecule has 1 aliphatic heterocycles. The molecule has 2 amide bonds. The molecule has 1 heterocycles. The van der Waals surface area contributed by atoms with Crippen LogP contribution in [0.2, 0.25) is 0 Å². The lowest BCUT2D eigenvalue weighted by Crippen LogP contribution is -2.41. The molecule has 0 unspecified atom stereocenters. The molecule has 8 nitrogen and oxygen atoms in total. The molecule has 3 rings (SSSR count). The number of carbonyl (C=O) groups excluding carboxylic acids is 2. The topological polar surface area (TPSA) is 95.1 Å². The van der Waals surface area contributed by atoms with E-state index >= 15 is 0 Å². The summed E-state index contributed by atoms with van der Waals surface area (Å²) in [7, 11) is 1.58. The molecule has 2 N–H and O–H groups in total. The second kappa shape index (κ2) is 8.21. The second-order valence-electron chi connectivity index (χ2n) is 5.35. The van der Waals surface area contributed by atoms with Crippen molar-refractivity contribution < 1.29 is 28.5 Å². The zero-order valence-corrected chi connectivity index (χ0v) is 14.1. The number of rotatable bonds is 6. The van der Waals surface area contributed by atoms with E-state index in [1.807, 2.05) is 0 Å². The quantitative estimate of drug-likeness (QED) is 0.600. The van der Waals surface area contributed by atoms with Crippen LogP contribution in [-0.4, -0.2) is 38.9 Å². The lowest BCUT2D eigenvalue weighted by atomic mass is 10.2. The van der Waals surface area contributed by atoms with Gasteiger partial charge in [-0.05, 0) is 36.4 Å². The first kappa shape index (κ1) is 17.6. The summed E-state index contributed by atoms with van der Waals surface area (Å²) in [6.07, 6.45) is 0. The van der Waals surface area contributed by atoms with Gasteiger partial charge in [0.1, 0.15) is 12.4 Å². The minimum absolute atomic E-state index is 0.125. The lowest BCUT2D eigenvalue weighted by Gasteiger charge is -2.10. The van der Waals surface area contributed by atoms with Crippen LogP contribution >= 0.6 is 0 Å². The van der Waals surface area contributed by atoms with Crippen molar-refractivity contribution in [1.29, 1.82) is 0 Å². The number of ether oxygens (including phenoxy) is 4. The lowest BCUT2D eigenvalue weighted by molar-refractivity contribution is 0.0846. The Labute approximate surface area is 150 Å². The van der Waals surface area contributed by atoms with Crippen LogP contribution in [-0.2, 0) is 4.74 Å². The van der Waals surface area contributed by atoms with Crippen molar-refractivity contribution in [3.8, 4) is 17.2 Å². The van der Waals surface area contributed by atoms with E-state index in [0.29, 0.717) is 41.6 Å². The van der Waals surface area contributed by atoms with Gasteiger partial charge in [0, 0.05) is 18.2 Å². The summed E-state index contributed by atoms with van der Waals surface area (Å²) >= 11 is 0. The van der Waals surface area contributed by atoms with Gasteiger partial charge in [0.2, 0.25) is 6.79 Å². The molecular formula is C18H18N2O6. The Morgan fingerprint density at radius 1 is 0.962 bits per heavy atom. The Morgan fingerprint density at radius 2 is 1.69 bits per heavy atom. The van der Waals surface area contributed by atoms with E-state index in [2.05, 4.69) is 10.9 Å². The van der Waals surface area contributed by atoms with Gasteiger partial charge < -0.3 is 18.9 Å². The fourth-order valence-corrected chi connectivity index (χ4v) is 2.27. The van der Waals surface area contributed by atoms with Gasteiger partial charge in [0.25, 0.3) is 11.8 Å². The highest BCUT2D eigenvalue weighted by atomic mass is 16.7. The Bertz CT molecular complexity index is 808. The molecule has 0 atom stereocenters. The molecule has 2 aromatic rings. The third-order valence-corrected chi connectivity index (χ3v) is 3.58. The van der Waals surface area contributed by atoms with Crippen molar-refractivity contribution in [2.45, 2.75) is 0 Å². The number of hydrogen-bond acceptors (Lipinski definition) is 6. The zero-order valence-electron chi connectivity index (χ0n) is 14.1. The fraction of sp³-hybridized carbons (Fsp3) is 0.222. The van der Waals surface area contributed by atoms with Crippen molar-refractivity contribution in [2.75, 3.05) is 27.1 Å². The van der Waals surface area contributed by atoms with Crippen molar-refractivity contribution in [3.63, 3.8) is 0 Å². The highest BCUT2D eigenvalue weighted by molar-refractivity contribution is 5.99. The first-order valence-corrected chi connectivity index (χ1v) is 7.89. The summed E-state index contributed by atoms with van der Waals surface area (Å²) in [4.78, 5) is 24.4. The van der Waals surface area contributed by atoms with Crippen LogP contribution in [0.3, 0.4) is 0 Å². The third-order valence-electron chi connectivity index (χ3n) is 3.58. The van der Waals surface area contributed by atoms with Gasteiger partial charge in [-0.25, -0.2) is 0 Å². The van der Waals surface area contributed by atoms with Crippen molar-refractivity contribution in [3.05, 3.63) is 53.6 Å². The predicted octanol–water partition coefficient (Wildman–Crippen LogP) is 1.52. The van der Waals surface area contributed by atoms with Crippen LogP contribution in [0.15, 0.2) is 42.5 Å². The molecule has 0 saturated heterocycles. The SMILES string of the molecule is COCCOc1cccc(C(=O)NNC(=O)c2ccc3c(c2)OCO3)c1. The van der Waals surface area contributed by atoms with Crippen molar-refractivity contribution in [1.82, 2.24) is 10.9 Å². The molecule has 2 aromatic carbocycles. The Hall–Kier alpha value is -3.26. The summed E-state index contributed by atoms with van der Waals surface area (Å²) in [5.74, 6) is 0.679. The van der Waals surface area contributed by atoms with E-state index < -0.39 is 11.8 Å². The first-order chi connectivity index (χ1) is 12.7. The number of hydrazine groups is 1. The van der Waals surface area contributed by atoms with E-state index in [-0.39, 0.29) is 6.79 Å². The second-order valence-corrected chi connectivity index (χ2v) is 5.35. The number of hydrogen-bond donors (Lipinski definition) is 2. The van der Waals surface area contributed by atoms with Crippen LogP contribution in [0, 0.1) is 0 Å². The fourth-order valence-electron chi connectivity index (χ4n) is 2.27. The maximum absolute atomic E-state index is 12.2. The number of nitrogens with one attached hydrogen (secondary N) is 2. The summed E-state index contributed by atoms with van der Waals surface area (Å²) in [5, 5.41) is 0. The van der Waals surface area contributed by atoms with Crippen LogP contribution < -0.4 is 25.1 Å². The standard InChI is InChI=1S/C18H18N2O6/c1-23-7-8-24-14-4-2-3-12(9-14)17(21)19-20-18(22)13-5-6-15-16(10-13)26-11-25-15/h2-6,9-10H,7-8,11H2,1H3,(H,19,21)(H,20,22). The summed E-state index contributed by atoms with van der Waals surface area (Å²) in [6.45, 7) is 0.949. The summed E-state index contributed by atoms with van der Waals surface area (Å²) in [5.41, 5.74) is 5.42. The Kier molecular flexibility index (Phi) is 5.55. The molecule has 0 fully saturated rings. The minimum atomic E-state index is -0.468. The first-order valence-electron chi connectivity index (χ1n) is 7.89. The van der Waals surface area contributed by atoms with Crippen LogP contribution in [0.1, 0.15) is 20.7 Å². The largest absolute Gasteiger partial charge is 0.491 e. The molecule has 0 saturated carbocycles. The smallest absolute Gasteiger partial charge is 0.269 e. The third kappa shape index (κ3) is 4.22. The molecule has 0 bridgehead atoms. The molecule has 0 aliphatic carbocycles. The molecule has 136 valence electrons. The van der Waals surface area contributed by atoms with Gasteiger partial charge in [-0.3, -0.25) is 20.4 Å². The molecule has 1 aliphatic rings. The van der Waals surface area contributed by atoms with Gasteiger partial charge in [-0.15, -0.1) is 0 Å². The van der Waals surface area contributed by atoms with Crippen LogP contribution in [0.5, 0.6) is 17.2 Å². The number of methoxy groups -OCH3 is 1. The molecule has 0 aromatic heterocycles. The molecule has 0 radical (unpaired) electrons. The predicted molar refractivity (Wildman–Crippen MR) is 91.3 cm³/mol. The van der Waals surface area contributed by atoms with Gasteiger partial charge in [-0.1, -0.05) is 6.07 Å². The maximum atomic E-state index is 12.2. The van der Waals surface area contributed by atoms with E-state index in [9.17, 15) is 9.59 Å². The monoisotopic (exact) mass is 358 g/mol. The van der Waals surface area contributed by atoms with Gasteiger partial charge >= 0.3 is 0 Å². The Balaban J connectivity index is 1.56. The molecule has 0 spiro atoms. The molecular weight excluding hydrogens is 340 g/mol. The van der Waals surface area contributed by atoms with Crippen LogP contribution in [0.25, 0.3) is 0 Å². The van der Waals surface area contributed by atoms with Gasteiger partial charge in [-0.2, -0.15) is 0 Å². The van der Waals surface area contributed by atoms with E-state index in [4.69, 9.17) is 18.9 Å². The number of carbonyl (C=O) groups is 2. The highest BCUT2D eigenvalue weighted by Gasteiger charge is 2.16. The normalized spacial score (nSPS) is 11.7. The van der Waals surface area contributed by atoms with Crippen LogP contribution in [0.4, 0.5) is 0 Å². The highest BCUT2D eigenvalue weighted by Crippen LogP contribution is 2.32. The van der Waals surface area contributed by atoms with E-state index in [0.717, 1.165) is 0 Å². The average Bonchev–Trinajstić information content (AvgIpc) is 3.14. The van der Waals surface area contributed by atoms with Gasteiger partial charge in [0.05, 0.1) is 6.61 Å². The van der Waals surface area contributed by atoms with Crippen molar-refractivity contribution >= 4 is 11.8 Å². The summed E-state index contributed by atoms with van der Waals surface area (Å²) in [6, 6.07) is 11.4. The zero-order chi connectivity index (χ0) is 18.4. The number of fused-ring (bicyclic) bond motifs is 1. The summed E-state index contributed by atoms with van der Waals surface area (Å²) < 4.78 is 20.8. The Morgan fingerprint density at radius 3 is 2.46 bits per heavy atom. The maximum Gasteiger partial charge on any atom is 0.269 e. The van der Waals surface area contributed by atoms with E-state index in [1.165, 1.54) is 0 Å². The van der Waals surface area contributed by atoms with E-state index in [1.54, 1.807) is 49.6 Å². The molecule has 26 heavy (non-hydrogen) atoms.